The number of aromatic nitrogens is 1. The summed E-state index contributed by atoms with van der Waals surface area (Å²) in [5.41, 5.74) is 1.93. The zero-order valence-corrected chi connectivity index (χ0v) is 17.8. The summed E-state index contributed by atoms with van der Waals surface area (Å²) in [6.07, 6.45) is 2.70. The van der Waals surface area contributed by atoms with Crippen molar-refractivity contribution < 1.29 is 21.6 Å². The van der Waals surface area contributed by atoms with Crippen LogP contribution in [0.3, 0.4) is 0 Å². The van der Waals surface area contributed by atoms with E-state index in [0.717, 1.165) is 23.6 Å². The predicted octanol–water partition coefficient (Wildman–Crippen LogP) is 2.32. The van der Waals surface area contributed by atoms with Crippen molar-refractivity contribution in [3.8, 4) is 5.75 Å². The van der Waals surface area contributed by atoms with Crippen molar-refractivity contribution in [2.24, 2.45) is 5.14 Å². The fourth-order valence-corrected chi connectivity index (χ4v) is 4.21. The Morgan fingerprint density at radius 2 is 1.80 bits per heavy atom. The smallest absolute Gasteiger partial charge is 0.238 e. The second-order valence-corrected chi connectivity index (χ2v) is 10.1. The van der Waals surface area contributed by atoms with Crippen LogP contribution in [-0.4, -0.2) is 28.1 Å². The molecule has 0 bridgehead atoms. The first-order valence-corrected chi connectivity index (χ1v) is 12.3. The van der Waals surface area contributed by atoms with Crippen molar-refractivity contribution in [1.82, 2.24) is 4.98 Å². The van der Waals surface area contributed by atoms with E-state index in [0.29, 0.717) is 18.9 Å². The maximum Gasteiger partial charge on any atom is 0.238 e. The lowest BCUT2D eigenvalue weighted by atomic mass is 10.2. The first-order valence-electron chi connectivity index (χ1n) is 8.85. The summed E-state index contributed by atoms with van der Waals surface area (Å²) in [7, 11) is -7.70. The average Bonchev–Trinajstić information content (AvgIpc) is 2.70. The summed E-state index contributed by atoms with van der Waals surface area (Å²) in [5.74, 6) is 0.646. The molecule has 0 saturated heterocycles. The number of hydrogen-bond donors (Lipinski definition) is 2. The summed E-state index contributed by atoms with van der Waals surface area (Å²) in [4.78, 5) is 3.80. The lowest BCUT2D eigenvalue weighted by Crippen LogP contribution is -2.14. The quantitative estimate of drug-likeness (QED) is 0.542. The van der Waals surface area contributed by atoms with Crippen LogP contribution in [0.5, 0.6) is 5.75 Å². The van der Waals surface area contributed by atoms with E-state index >= 15 is 0 Å². The summed E-state index contributed by atoms with van der Waals surface area (Å²) in [5, 5.41) is 8.14. The third-order valence-corrected chi connectivity index (χ3v) is 6.22. The number of ether oxygens (including phenoxy) is 1. The number of benzene rings is 2. The number of nitrogens with two attached hydrogens (primary N) is 1. The van der Waals surface area contributed by atoms with Crippen LogP contribution in [0, 0.1) is 0 Å². The summed E-state index contributed by atoms with van der Waals surface area (Å²) >= 11 is 0. The van der Waals surface area contributed by atoms with Crippen LogP contribution in [0.2, 0.25) is 0 Å². The Balaban J connectivity index is 1.75. The van der Waals surface area contributed by atoms with Gasteiger partial charge in [-0.25, -0.2) is 22.0 Å². The average molecular weight is 448 g/mol. The molecule has 0 aliphatic carbocycles. The van der Waals surface area contributed by atoms with Crippen LogP contribution >= 0.6 is 0 Å². The normalized spacial score (nSPS) is 11.8. The molecule has 3 aromatic rings. The van der Waals surface area contributed by atoms with Crippen molar-refractivity contribution >= 4 is 25.5 Å². The van der Waals surface area contributed by atoms with Gasteiger partial charge in [-0.1, -0.05) is 18.2 Å². The third-order valence-electron chi connectivity index (χ3n) is 4.18. The molecule has 0 aliphatic rings. The number of pyridine rings is 1. The molecular formula is C20H21N3O5S2. The molecule has 10 heteroatoms. The van der Waals surface area contributed by atoms with Gasteiger partial charge in [0.05, 0.1) is 21.2 Å². The van der Waals surface area contributed by atoms with E-state index < -0.39 is 19.9 Å². The molecule has 3 N–H and O–H groups in total. The molecule has 3 rings (SSSR count). The van der Waals surface area contributed by atoms with Gasteiger partial charge in [0.2, 0.25) is 10.0 Å². The van der Waals surface area contributed by atoms with Gasteiger partial charge in [0.25, 0.3) is 0 Å². The molecule has 30 heavy (non-hydrogen) atoms. The van der Waals surface area contributed by atoms with Crippen molar-refractivity contribution in [3.05, 3.63) is 78.1 Å². The number of nitrogens with one attached hydrogen (secondary N) is 1. The summed E-state index contributed by atoms with van der Waals surface area (Å²) < 4.78 is 53.1. The first-order chi connectivity index (χ1) is 14.1. The van der Waals surface area contributed by atoms with E-state index in [-0.39, 0.29) is 15.5 Å². The molecule has 2 aromatic carbocycles. The standard InChI is InChI=1S/C20H21N3O5S2/c1-29(24,25)20-12-18(30(21,26)27)8-9-19(20)23-13-15-5-4-7-17(11-15)28-14-16-6-2-3-10-22-16/h2-12,23H,13-14H2,1H3,(H2,21,26,27). The molecular weight excluding hydrogens is 426 g/mol. The van der Waals surface area contributed by atoms with Gasteiger partial charge in [0.15, 0.2) is 9.84 Å². The summed E-state index contributed by atoms with van der Waals surface area (Å²) in [6.45, 7) is 0.628. The van der Waals surface area contributed by atoms with Gasteiger partial charge in [-0.15, -0.1) is 0 Å². The van der Waals surface area contributed by atoms with E-state index in [9.17, 15) is 16.8 Å². The van der Waals surface area contributed by atoms with Crippen LogP contribution in [0.25, 0.3) is 0 Å². The van der Waals surface area contributed by atoms with Crippen LogP contribution in [0.15, 0.2) is 76.7 Å². The lowest BCUT2D eigenvalue weighted by Gasteiger charge is -2.13. The van der Waals surface area contributed by atoms with Gasteiger partial charge in [0.1, 0.15) is 12.4 Å². The Morgan fingerprint density at radius 3 is 2.47 bits per heavy atom. The molecule has 0 radical (unpaired) electrons. The highest BCUT2D eigenvalue weighted by atomic mass is 32.2. The molecule has 0 saturated carbocycles. The third kappa shape index (κ3) is 5.78. The first kappa shape index (κ1) is 21.8. The van der Waals surface area contributed by atoms with Gasteiger partial charge < -0.3 is 10.1 Å². The molecule has 0 atom stereocenters. The number of sulfonamides is 1. The topological polar surface area (TPSA) is 128 Å². The van der Waals surface area contributed by atoms with Crippen LogP contribution in [0.4, 0.5) is 5.69 Å². The number of primary sulfonamides is 1. The van der Waals surface area contributed by atoms with Crippen molar-refractivity contribution in [3.63, 3.8) is 0 Å². The van der Waals surface area contributed by atoms with Gasteiger partial charge in [0, 0.05) is 19.0 Å². The Bertz CT molecular complexity index is 1240. The number of sulfone groups is 1. The van der Waals surface area contributed by atoms with Crippen molar-refractivity contribution in [2.75, 3.05) is 11.6 Å². The van der Waals surface area contributed by atoms with Crippen LogP contribution in [-0.2, 0) is 33.0 Å². The van der Waals surface area contributed by atoms with Gasteiger partial charge >= 0.3 is 0 Å². The van der Waals surface area contributed by atoms with E-state index in [4.69, 9.17) is 9.88 Å². The second kappa shape index (κ2) is 8.82. The lowest BCUT2D eigenvalue weighted by molar-refractivity contribution is 0.301. The van der Waals surface area contributed by atoms with Gasteiger partial charge in [-0.05, 0) is 48.0 Å². The monoisotopic (exact) mass is 447 g/mol. The predicted molar refractivity (Wildman–Crippen MR) is 113 cm³/mol. The Kier molecular flexibility index (Phi) is 6.40. The minimum absolute atomic E-state index is 0.142. The Labute approximate surface area is 175 Å². The largest absolute Gasteiger partial charge is 0.487 e. The van der Waals surface area contributed by atoms with E-state index in [2.05, 4.69) is 10.3 Å². The molecule has 0 fully saturated rings. The highest BCUT2D eigenvalue weighted by Gasteiger charge is 2.18. The van der Waals surface area contributed by atoms with Crippen LogP contribution < -0.4 is 15.2 Å². The van der Waals surface area contributed by atoms with Gasteiger partial charge in [-0.3, -0.25) is 4.98 Å². The second-order valence-electron chi connectivity index (χ2n) is 6.59. The van der Waals surface area contributed by atoms with E-state index in [1.165, 1.54) is 12.1 Å². The molecule has 8 nitrogen and oxygen atoms in total. The van der Waals surface area contributed by atoms with E-state index in [1.54, 1.807) is 6.20 Å². The van der Waals surface area contributed by atoms with Crippen molar-refractivity contribution in [2.45, 2.75) is 22.9 Å². The van der Waals surface area contributed by atoms with Gasteiger partial charge in [-0.2, -0.15) is 0 Å². The molecule has 0 spiro atoms. The summed E-state index contributed by atoms with van der Waals surface area (Å²) in [6, 6.07) is 16.6. The molecule has 0 unspecified atom stereocenters. The number of nitrogens with zero attached hydrogens (tertiary/aromatic N) is 1. The molecule has 158 valence electrons. The maximum absolute atomic E-state index is 12.1. The number of rotatable bonds is 8. The molecule has 0 amide bonds. The number of hydrogen-bond acceptors (Lipinski definition) is 7. The van der Waals surface area contributed by atoms with Crippen LogP contribution in [0.1, 0.15) is 11.3 Å². The zero-order valence-electron chi connectivity index (χ0n) is 16.1. The zero-order chi connectivity index (χ0) is 21.8. The molecule has 1 heterocycles. The van der Waals surface area contributed by atoms with E-state index in [1.807, 2.05) is 42.5 Å². The molecule has 0 aliphatic heterocycles. The highest BCUT2D eigenvalue weighted by Crippen LogP contribution is 2.25. The maximum atomic E-state index is 12.1. The van der Waals surface area contributed by atoms with Crippen molar-refractivity contribution in [1.29, 1.82) is 0 Å². The minimum atomic E-state index is -4.02. The fraction of sp³-hybridized carbons (Fsp3) is 0.150. The Hall–Kier alpha value is -2.95. The number of anilines is 1. The molecule has 1 aromatic heterocycles. The Morgan fingerprint density at radius 1 is 1.00 bits per heavy atom. The SMILES string of the molecule is CS(=O)(=O)c1cc(S(N)(=O)=O)ccc1NCc1cccc(OCc2ccccn2)c1. The minimum Gasteiger partial charge on any atom is -0.487 e. The fourth-order valence-electron chi connectivity index (χ4n) is 2.72. The highest BCUT2D eigenvalue weighted by molar-refractivity contribution is 7.91.